The first-order valence-corrected chi connectivity index (χ1v) is 8.73. The van der Waals surface area contributed by atoms with Gasteiger partial charge in [-0.15, -0.1) is 0 Å². The summed E-state index contributed by atoms with van der Waals surface area (Å²) in [7, 11) is -1.27. The molecule has 0 aromatic heterocycles. The van der Waals surface area contributed by atoms with E-state index in [0.717, 1.165) is 12.1 Å². The lowest BCUT2D eigenvalue weighted by molar-refractivity contribution is -0.137. The first-order chi connectivity index (χ1) is 11.3. The second-order valence-corrected chi connectivity index (χ2v) is 6.72. The molecule has 0 spiro atoms. The quantitative estimate of drug-likeness (QED) is 0.534. The molecule has 0 heterocycles. The van der Waals surface area contributed by atoms with Crippen LogP contribution in [-0.4, -0.2) is 16.6 Å². The van der Waals surface area contributed by atoms with E-state index in [1.165, 1.54) is 36.4 Å². The van der Waals surface area contributed by atoms with Gasteiger partial charge in [-0.25, -0.2) is 4.39 Å². The van der Waals surface area contributed by atoms with E-state index in [4.69, 9.17) is 4.74 Å². The molecular weight excluding hydrogens is 344 g/mol. The summed E-state index contributed by atoms with van der Waals surface area (Å²) >= 11 is 0. The number of ether oxygens (including phenoxy) is 1. The maximum atomic E-state index is 12.7. The molecular formula is C17H16F4O2S. The summed E-state index contributed by atoms with van der Waals surface area (Å²) in [6.45, 7) is 0.306. The maximum Gasteiger partial charge on any atom is 0.416 e. The molecule has 130 valence electrons. The Morgan fingerprint density at radius 1 is 1.04 bits per heavy atom. The zero-order valence-corrected chi connectivity index (χ0v) is 13.5. The zero-order valence-electron chi connectivity index (χ0n) is 12.7. The van der Waals surface area contributed by atoms with Gasteiger partial charge in [0.25, 0.3) is 0 Å². The summed E-state index contributed by atoms with van der Waals surface area (Å²) < 4.78 is 67.9. The van der Waals surface area contributed by atoms with Gasteiger partial charge in [0.15, 0.2) is 0 Å². The number of benzene rings is 2. The van der Waals surface area contributed by atoms with E-state index in [-0.39, 0.29) is 11.6 Å². The van der Waals surface area contributed by atoms with Gasteiger partial charge in [0.2, 0.25) is 0 Å². The van der Waals surface area contributed by atoms with Gasteiger partial charge in [-0.3, -0.25) is 4.21 Å². The first-order valence-electron chi connectivity index (χ1n) is 7.24. The fourth-order valence-corrected chi connectivity index (χ4v) is 3.17. The van der Waals surface area contributed by atoms with Crippen molar-refractivity contribution in [2.45, 2.75) is 18.3 Å². The van der Waals surface area contributed by atoms with E-state index in [0.29, 0.717) is 30.1 Å². The van der Waals surface area contributed by atoms with Crippen LogP contribution in [0.5, 0.6) is 5.75 Å². The Morgan fingerprint density at radius 2 is 1.75 bits per heavy atom. The van der Waals surface area contributed by atoms with Crippen LogP contribution in [0.3, 0.4) is 0 Å². The number of hydrogen-bond donors (Lipinski definition) is 0. The van der Waals surface area contributed by atoms with E-state index >= 15 is 0 Å². The summed E-state index contributed by atoms with van der Waals surface area (Å²) in [4.78, 5) is 0. The smallest absolute Gasteiger partial charge is 0.416 e. The van der Waals surface area contributed by atoms with Crippen LogP contribution in [0, 0.1) is 5.82 Å². The monoisotopic (exact) mass is 360 g/mol. The Bertz CT molecular complexity index is 684. The van der Waals surface area contributed by atoms with Gasteiger partial charge in [0, 0.05) is 22.3 Å². The average Bonchev–Trinajstić information content (AvgIpc) is 2.53. The highest BCUT2D eigenvalue weighted by atomic mass is 32.2. The molecule has 0 aliphatic carbocycles. The molecule has 2 aromatic carbocycles. The van der Waals surface area contributed by atoms with Crippen LogP contribution in [0.2, 0.25) is 0 Å². The number of alkyl halides is 3. The molecule has 2 rings (SSSR count). The maximum absolute atomic E-state index is 12.7. The molecule has 0 unspecified atom stereocenters. The Labute approximate surface area is 139 Å². The van der Waals surface area contributed by atoms with Crippen molar-refractivity contribution in [2.75, 3.05) is 12.4 Å². The van der Waals surface area contributed by atoms with Crippen molar-refractivity contribution in [3.8, 4) is 5.75 Å². The van der Waals surface area contributed by atoms with Crippen LogP contribution in [0.4, 0.5) is 17.6 Å². The van der Waals surface area contributed by atoms with E-state index in [1.54, 1.807) is 0 Å². The van der Waals surface area contributed by atoms with Crippen LogP contribution >= 0.6 is 0 Å². The highest BCUT2D eigenvalue weighted by Crippen LogP contribution is 2.29. The topological polar surface area (TPSA) is 26.3 Å². The van der Waals surface area contributed by atoms with Gasteiger partial charge in [0.05, 0.1) is 12.2 Å². The van der Waals surface area contributed by atoms with Crippen LogP contribution < -0.4 is 4.74 Å². The molecule has 0 saturated heterocycles. The molecule has 0 saturated carbocycles. The third-order valence-corrected chi connectivity index (χ3v) is 4.58. The molecule has 2 aromatic rings. The van der Waals surface area contributed by atoms with E-state index in [1.807, 2.05) is 0 Å². The van der Waals surface area contributed by atoms with Crippen molar-refractivity contribution in [3.63, 3.8) is 0 Å². The minimum absolute atomic E-state index is 0.0699. The van der Waals surface area contributed by atoms with Crippen LogP contribution in [0.1, 0.15) is 17.5 Å². The Morgan fingerprint density at radius 3 is 2.42 bits per heavy atom. The van der Waals surface area contributed by atoms with Gasteiger partial charge in [-0.05, 0) is 42.3 Å². The summed E-state index contributed by atoms with van der Waals surface area (Å²) in [5.41, 5.74) is -0.348. The lowest BCUT2D eigenvalue weighted by Gasteiger charge is -2.09. The minimum atomic E-state index is -4.40. The van der Waals surface area contributed by atoms with Crippen molar-refractivity contribution in [3.05, 3.63) is 65.5 Å². The molecule has 0 bridgehead atoms. The third kappa shape index (κ3) is 5.96. The van der Waals surface area contributed by atoms with Crippen LogP contribution in [-0.2, 0) is 22.7 Å². The second-order valence-electron chi connectivity index (χ2n) is 5.14. The van der Waals surface area contributed by atoms with Crippen molar-refractivity contribution in [1.82, 2.24) is 0 Å². The average molecular weight is 360 g/mol. The molecule has 0 amide bonds. The van der Waals surface area contributed by atoms with Crippen molar-refractivity contribution in [1.29, 1.82) is 0 Å². The van der Waals surface area contributed by atoms with Gasteiger partial charge in [-0.2, -0.15) is 13.2 Å². The first kappa shape index (κ1) is 18.4. The van der Waals surface area contributed by atoms with E-state index < -0.39 is 22.5 Å². The lowest BCUT2D eigenvalue weighted by Crippen LogP contribution is -2.08. The van der Waals surface area contributed by atoms with Crippen molar-refractivity contribution in [2.24, 2.45) is 0 Å². The number of halogens is 4. The van der Waals surface area contributed by atoms with Gasteiger partial charge in [-0.1, -0.05) is 18.2 Å². The molecule has 0 aliphatic rings. The predicted octanol–water partition coefficient (Wildman–Crippen LogP) is 4.56. The predicted molar refractivity (Wildman–Crippen MR) is 84.7 cm³/mol. The van der Waals surface area contributed by atoms with Crippen molar-refractivity contribution >= 4 is 10.8 Å². The van der Waals surface area contributed by atoms with Gasteiger partial charge >= 0.3 is 6.18 Å². The molecule has 1 atom stereocenters. The third-order valence-electron chi connectivity index (χ3n) is 3.18. The van der Waals surface area contributed by atoms with E-state index in [2.05, 4.69) is 0 Å². The molecule has 7 heteroatoms. The molecule has 0 fully saturated rings. The molecule has 24 heavy (non-hydrogen) atoms. The van der Waals surface area contributed by atoms with Crippen LogP contribution in [0.25, 0.3) is 0 Å². The normalized spacial score (nSPS) is 12.8. The Kier molecular flexibility index (Phi) is 6.36. The molecule has 0 radical (unpaired) electrons. The van der Waals surface area contributed by atoms with E-state index in [9.17, 15) is 21.8 Å². The summed E-state index contributed by atoms with van der Waals surface area (Å²) in [5, 5.41) is 0. The van der Waals surface area contributed by atoms with Crippen molar-refractivity contribution < 1.29 is 26.5 Å². The molecule has 0 aliphatic heterocycles. The highest BCUT2D eigenvalue weighted by Gasteiger charge is 2.30. The summed E-state index contributed by atoms with van der Waals surface area (Å²) in [6, 6.07) is 10.4. The summed E-state index contributed by atoms with van der Waals surface area (Å²) in [5.74, 6) is 0.544. The minimum Gasteiger partial charge on any atom is -0.494 e. The highest BCUT2D eigenvalue weighted by molar-refractivity contribution is 7.84. The Balaban J connectivity index is 1.76. The molecule has 2 nitrogen and oxygen atoms in total. The standard InChI is InChI=1S/C17H16F4O2S/c18-15-5-7-16(8-6-15)23-9-2-10-24(22)12-13-3-1-4-14(11-13)17(19,20)21/h1,3-8,11H,2,9-10,12H2/t24-/m1/s1. The fourth-order valence-electron chi connectivity index (χ4n) is 2.04. The zero-order chi connectivity index (χ0) is 17.6. The molecule has 0 N–H and O–H groups in total. The SMILES string of the molecule is O=[S@](CCCOc1ccc(F)cc1)Cc1cccc(C(F)(F)F)c1. The second kappa shape index (κ2) is 8.28. The lowest BCUT2D eigenvalue weighted by atomic mass is 10.1. The number of rotatable bonds is 7. The fraction of sp³-hybridized carbons (Fsp3) is 0.294. The summed E-state index contributed by atoms with van der Waals surface area (Å²) in [6.07, 6.45) is -3.91. The number of hydrogen-bond acceptors (Lipinski definition) is 2. The van der Waals surface area contributed by atoms with Gasteiger partial charge < -0.3 is 4.74 Å². The largest absolute Gasteiger partial charge is 0.494 e. The van der Waals surface area contributed by atoms with Gasteiger partial charge in [0.1, 0.15) is 11.6 Å². The Hall–Kier alpha value is -1.89. The van der Waals surface area contributed by atoms with Crippen LogP contribution in [0.15, 0.2) is 48.5 Å².